The van der Waals surface area contributed by atoms with Crippen molar-refractivity contribution in [1.82, 2.24) is 14.0 Å². The van der Waals surface area contributed by atoms with Crippen molar-refractivity contribution in [3.05, 3.63) is 0 Å². The van der Waals surface area contributed by atoms with Crippen molar-refractivity contribution in [2.45, 2.75) is 10.5 Å². The molecule has 0 unspecified atom stereocenters. The minimum atomic E-state index is -0.781. The number of rotatable bonds is 1. The zero-order chi connectivity index (χ0) is 6.69. The summed E-state index contributed by atoms with van der Waals surface area (Å²) < 4.78 is 2.50. The van der Waals surface area contributed by atoms with Gasteiger partial charge in [0.15, 0.2) is 0 Å². The van der Waals surface area contributed by atoms with Crippen molar-refractivity contribution in [2.24, 2.45) is 0 Å². The van der Waals surface area contributed by atoms with Gasteiger partial charge in [0.25, 0.3) is 0 Å². The van der Waals surface area contributed by atoms with E-state index in [4.69, 9.17) is 0 Å². The number of nitrogens with zero attached hydrogens (tertiary/aromatic N) is 1. The van der Waals surface area contributed by atoms with Crippen LogP contribution in [-0.4, -0.2) is 23.4 Å². The van der Waals surface area contributed by atoms with Crippen molar-refractivity contribution in [3.63, 3.8) is 0 Å². The van der Waals surface area contributed by atoms with E-state index in [1.807, 2.05) is 0 Å². The molecule has 7 heteroatoms. The molecule has 1 aliphatic rings. The molecule has 3 nitrogen and oxygen atoms in total. The molecule has 0 amide bonds. The Balaban J connectivity index is -0.000000270. The Kier molecular flexibility index (Phi) is 16.8. The fraction of sp³-hybridized carbons (Fsp3) is 1.00. The number of halogens is 3. The third-order valence-electron chi connectivity index (χ3n) is 1.49. The maximum absolute atomic E-state index is 3.27. The van der Waals surface area contributed by atoms with Crippen LogP contribution in [0.2, 0.25) is 10.5 Å². The van der Waals surface area contributed by atoms with Crippen LogP contribution in [0.5, 0.6) is 0 Å². The average Bonchev–Trinajstić information content (AvgIpc) is 1.90. The van der Waals surface area contributed by atoms with E-state index in [1.54, 1.807) is 0 Å². The Morgan fingerprint density at radius 1 is 1.00 bits per heavy atom. The molecule has 0 spiro atoms. The summed E-state index contributed by atoms with van der Waals surface area (Å²) >= 11 is -0.781. The minimum absolute atomic E-state index is 0. The molecule has 0 aliphatic carbocycles. The molecule has 0 saturated carbocycles. The van der Waals surface area contributed by atoms with Gasteiger partial charge in [-0.05, 0) is 0 Å². The second kappa shape index (κ2) is 10.5. The molecule has 0 aromatic heterocycles. The van der Waals surface area contributed by atoms with Crippen LogP contribution < -0.4 is 10.6 Å². The molecule has 0 radical (unpaired) electrons. The van der Waals surface area contributed by atoms with Gasteiger partial charge in [0.05, 0.1) is 0 Å². The van der Waals surface area contributed by atoms with E-state index < -0.39 is 18.1 Å². The van der Waals surface area contributed by atoms with E-state index in [0.29, 0.717) is 0 Å². The van der Waals surface area contributed by atoms with Gasteiger partial charge in [0.2, 0.25) is 0 Å². The first kappa shape index (κ1) is 19.1. The maximum atomic E-state index is 3.27. The van der Waals surface area contributed by atoms with E-state index >= 15 is 0 Å². The Hall–Kier alpha value is 1.46. The van der Waals surface area contributed by atoms with Crippen molar-refractivity contribution < 1.29 is 18.1 Å². The third kappa shape index (κ3) is 6.92. The Morgan fingerprint density at radius 2 is 1.42 bits per heavy atom. The molecular formula is C5H17Cl3N3Ti. The monoisotopic (exact) mass is 272 g/mol. The molecule has 1 rings (SSSR count). The van der Waals surface area contributed by atoms with E-state index in [-0.39, 0.29) is 37.2 Å². The Labute approximate surface area is 99.4 Å². The average molecular weight is 273 g/mol. The summed E-state index contributed by atoms with van der Waals surface area (Å²) in [6.07, 6.45) is 0. The summed E-state index contributed by atoms with van der Waals surface area (Å²) in [6, 6.07) is 0. The normalized spacial score (nSPS) is 16.5. The van der Waals surface area contributed by atoms with Crippen LogP contribution in [0.4, 0.5) is 0 Å². The molecule has 0 atom stereocenters. The zero-order valence-electron chi connectivity index (χ0n) is 7.29. The van der Waals surface area contributed by atoms with E-state index in [0.717, 1.165) is 20.0 Å². The van der Waals surface area contributed by atoms with Gasteiger partial charge in [-0.3, -0.25) is 0 Å². The van der Waals surface area contributed by atoms with E-state index in [2.05, 4.69) is 24.5 Å². The van der Waals surface area contributed by atoms with Gasteiger partial charge in [-0.25, -0.2) is 0 Å². The quantitative estimate of drug-likeness (QED) is 0.704. The van der Waals surface area contributed by atoms with Gasteiger partial charge in [0, 0.05) is 0 Å². The van der Waals surface area contributed by atoms with Crippen molar-refractivity contribution in [2.75, 3.05) is 20.0 Å². The van der Waals surface area contributed by atoms with Gasteiger partial charge >= 0.3 is 62.6 Å². The summed E-state index contributed by atoms with van der Waals surface area (Å²) in [5.41, 5.74) is 0. The summed E-state index contributed by atoms with van der Waals surface area (Å²) in [6.45, 7) is 3.16. The summed E-state index contributed by atoms with van der Waals surface area (Å²) in [5.74, 6) is 0. The van der Waals surface area contributed by atoms with Gasteiger partial charge < -0.3 is 0 Å². The SMILES string of the molecule is Cl.Cl.Cl.[CH3][Ti]([CH3])[N]1CNCNC1. The van der Waals surface area contributed by atoms with Crippen LogP contribution >= 0.6 is 37.2 Å². The fourth-order valence-electron chi connectivity index (χ4n) is 0.842. The van der Waals surface area contributed by atoms with Crippen LogP contribution in [0.1, 0.15) is 0 Å². The second-order valence-electron chi connectivity index (χ2n) is 2.48. The topological polar surface area (TPSA) is 27.3 Å². The van der Waals surface area contributed by atoms with E-state index in [1.165, 1.54) is 0 Å². The standard InChI is InChI=1S/C3H8N3.2CH3.3ClH.Ti/c1-4-2-6-3-5-1;;;;;;/h4-5H,1-3H2;2*1H3;3*1H;/q-1;;;;;;+1. The number of nitrogens with one attached hydrogen (secondary N) is 2. The van der Waals surface area contributed by atoms with Crippen LogP contribution in [0.25, 0.3) is 0 Å². The first-order valence-electron chi connectivity index (χ1n) is 3.27. The molecule has 2 N–H and O–H groups in total. The zero-order valence-corrected chi connectivity index (χ0v) is 11.3. The first-order chi connectivity index (χ1) is 4.30. The predicted molar refractivity (Wildman–Crippen MR) is 56.2 cm³/mol. The summed E-state index contributed by atoms with van der Waals surface area (Å²) in [4.78, 5) is 0. The molecule has 1 aliphatic heterocycles. The van der Waals surface area contributed by atoms with Gasteiger partial charge in [-0.2, -0.15) is 0 Å². The first-order valence-corrected chi connectivity index (χ1v) is 7.09. The Bertz CT molecular complexity index is 90.0. The third-order valence-corrected chi connectivity index (χ3v) is 3.96. The van der Waals surface area contributed by atoms with Gasteiger partial charge in [-0.15, -0.1) is 37.2 Å². The van der Waals surface area contributed by atoms with Crippen LogP contribution in [0.3, 0.4) is 0 Å². The molecule has 77 valence electrons. The Morgan fingerprint density at radius 3 is 1.67 bits per heavy atom. The summed E-state index contributed by atoms with van der Waals surface area (Å²) in [7, 11) is 0. The molecule has 0 aromatic carbocycles. The van der Waals surface area contributed by atoms with Gasteiger partial charge in [-0.1, -0.05) is 0 Å². The fourth-order valence-corrected chi connectivity index (χ4v) is 2.18. The molecule has 0 aromatic rings. The molecule has 12 heavy (non-hydrogen) atoms. The van der Waals surface area contributed by atoms with Crippen molar-refractivity contribution in [1.29, 1.82) is 0 Å². The molecule has 1 fully saturated rings. The van der Waals surface area contributed by atoms with E-state index in [9.17, 15) is 0 Å². The van der Waals surface area contributed by atoms with Gasteiger partial charge in [0.1, 0.15) is 0 Å². The summed E-state index contributed by atoms with van der Waals surface area (Å²) in [5, 5.41) is 11.3. The van der Waals surface area contributed by atoms with Crippen LogP contribution in [-0.2, 0) is 18.1 Å². The molecule has 1 saturated heterocycles. The molecule has 1 heterocycles. The molecule has 0 bridgehead atoms. The van der Waals surface area contributed by atoms with Crippen molar-refractivity contribution >= 4 is 37.2 Å². The van der Waals surface area contributed by atoms with Crippen LogP contribution in [0, 0.1) is 0 Å². The number of hydrogen-bond acceptors (Lipinski definition) is 3. The predicted octanol–water partition coefficient (Wildman–Crippen LogP) is 1.25. The molecular weight excluding hydrogens is 256 g/mol. The number of hydrogen-bond donors (Lipinski definition) is 2. The van der Waals surface area contributed by atoms with Crippen molar-refractivity contribution in [3.8, 4) is 0 Å². The second-order valence-corrected chi connectivity index (χ2v) is 6.43. The van der Waals surface area contributed by atoms with Crippen LogP contribution in [0.15, 0.2) is 0 Å².